The van der Waals surface area contributed by atoms with E-state index in [2.05, 4.69) is 21.4 Å². The molecule has 4 aliphatic carbocycles. The van der Waals surface area contributed by atoms with Crippen molar-refractivity contribution >= 4 is 12.2 Å². The van der Waals surface area contributed by atoms with E-state index in [1.165, 1.54) is 35.8 Å². The number of rotatable bonds is 3. The molecular formula is C21H17N5O4. The quantitative estimate of drug-likeness (QED) is 0.664. The molecule has 1 saturated carbocycles. The Balaban J connectivity index is 1.54. The number of allylic oxidation sites excluding steroid dienone is 4. The lowest BCUT2D eigenvalue weighted by atomic mass is 9.93. The van der Waals surface area contributed by atoms with Crippen LogP contribution in [0.15, 0.2) is 43.1 Å². The van der Waals surface area contributed by atoms with E-state index in [-0.39, 0.29) is 23.2 Å². The van der Waals surface area contributed by atoms with Gasteiger partial charge in [0.15, 0.2) is 0 Å². The lowest BCUT2D eigenvalue weighted by Gasteiger charge is -2.23. The van der Waals surface area contributed by atoms with E-state index < -0.39 is 11.2 Å². The van der Waals surface area contributed by atoms with Gasteiger partial charge in [-0.15, -0.1) is 0 Å². The van der Waals surface area contributed by atoms with E-state index in [1.54, 1.807) is 0 Å². The van der Waals surface area contributed by atoms with Crippen LogP contribution in [0.5, 0.6) is 5.75 Å². The van der Waals surface area contributed by atoms with Crippen molar-refractivity contribution in [3.8, 4) is 11.6 Å². The van der Waals surface area contributed by atoms with Gasteiger partial charge in [-0.2, -0.15) is 0 Å². The molecule has 2 aromatic heterocycles. The average molecular weight is 403 g/mol. The molecule has 8 rings (SSSR count). The predicted octanol–water partition coefficient (Wildman–Crippen LogP) is -1.24. The van der Waals surface area contributed by atoms with E-state index in [0.29, 0.717) is 17.2 Å². The third-order valence-corrected chi connectivity index (χ3v) is 6.85. The normalized spacial score (nSPS) is 26.4. The second kappa shape index (κ2) is 5.10. The van der Waals surface area contributed by atoms with E-state index >= 15 is 0 Å². The summed E-state index contributed by atoms with van der Waals surface area (Å²) in [4.78, 5) is 44.9. The lowest BCUT2D eigenvalue weighted by Crippen LogP contribution is -2.51. The zero-order valence-corrected chi connectivity index (χ0v) is 16.1. The summed E-state index contributed by atoms with van der Waals surface area (Å²) in [6.07, 6.45) is 8.08. The highest BCUT2D eigenvalue weighted by Gasteiger charge is 2.63. The number of nitrogens with zero attached hydrogens (tertiary/aromatic N) is 3. The Morgan fingerprint density at radius 1 is 1.10 bits per heavy atom. The summed E-state index contributed by atoms with van der Waals surface area (Å²) in [5, 5.41) is 5.00. The van der Waals surface area contributed by atoms with Crippen LogP contribution in [0.4, 0.5) is 0 Å². The van der Waals surface area contributed by atoms with Gasteiger partial charge in [0.25, 0.3) is 11.1 Å². The molecule has 6 bridgehead atoms. The van der Waals surface area contributed by atoms with Crippen molar-refractivity contribution < 1.29 is 4.74 Å². The smallest absolute Gasteiger partial charge is 0.334 e. The molecule has 6 aliphatic rings. The number of aromatic amines is 1. The molecular weight excluding hydrogens is 386 g/mol. The van der Waals surface area contributed by atoms with Gasteiger partial charge < -0.3 is 10.1 Å². The van der Waals surface area contributed by atoms with Gasteiger partial charge in [-0.1, -0.05) is 12.2 Å². The zero-order chi connectivity index (χ0) is 20.3. The monoisotopic (exact) mass is 403 g/mol. The number of hydrogen-bond donors (Lipinski definition) is 2. The van der Waals surface area contributed by atoms with Crippen LogP contribution in [0.3, 0.4) is 0 Å². The van der Waals surface area contributed by atoms with E-state index in [0.717, 1.165) is 29.2 Å². The molecule has 4 heterocycles. The van der Waals surface area contributed by atoms with Gasteiger partial charge in [-0.05, 0) is 30.4 Å². The molecule has 2 atom stereocenters. The number of piperidine rings is 1. The highest BCUT2D eigenvalue weighted by molar-refractivity contribution is 5.66. The molecule has 2 aliphatic heterocycles. The Labute approximate surface area is 168 Å². The van der Waals surface area contributed by atoms with Gasteiger partial charge in [0.05, 0.1) is 30.0 Å². The molecule has 9 nitrogen and oxygen atoms in total. The summed E-state index contributed by atoms with van der Waals surface area (Å²) in [7, 11) is 1.34. The topological polar surface area (TPSA) is 111 Å². The molecule has 30 heavy (non-hydrogen) atoms. The van der Waals surface area contributed by atoms with Gasteiger partial charge >= 0.3 is 5.69 Å². The van der Waals surface area contributed by atoms with Crippen molar-refractivity contribution in [3.05, 3.63) is 70.6 Å². The number of H-pyrrole nitrogens is 1. The summed E-state index contributed by atoms with van der Waals surface area (Å²) in [5.41, 5.74) is 3.38. The summed E-state index contributed by atoms with van der Waals surface area (Å²) in [6.45, 7) is 0. The fraction of sp³-hybridized carbons (Fsp3) is 0.333. The van der Waals surface area contributed by atoms with Gasteiger partial charge in [-0.25, -0.2) is 14.3 Å². The van der Waals surface area contributed by atoms with Crippen molar-refractivity contribution in [2.45, 2.75) is 25.3 Å². The maximum absolute atomic E-state index is 13.7. The highest BCUT2D eigenvalue weighted by atomic mass is 16.5. The minimum Gasteiger partial charge on any atom is -0.490 e. The summed E-state index contributed by atoms with van der Waals surface area (Å²) in [5.74, 6) is 0.797. The molecule has 9 heteroatoms. The Kier molecular flexibility index (Phi) is 2.76. The number of nitrogens with one attached hydrogen (secondary N) is 2. The second-order valence-corrected chi connectivity index (χ2v) is 8.30. The largest absolute Gasteiger partial charge is 0.490 e. The standard InChI is InChI=1S/C21H17N5O4/c1-30-12-7-25(21(29)24-19(12)27)18-20(28)26(11-5-3-2-4-10(11)22-18)17-13-8-6-9-14(17)16(9)23-15(8)13/h4-5,7-9,17,23H,2-3,6H2,1H3,(H,24,27,29)/t8-,9-/m1/s1. The van der Waals surface area contributed by atoms with Gasteiger partial charge in [-0.3, -0.25) is 19.1 Å². The Morgan fingerprint density at radius 3 is 2.53 bits per heavy atom. The van der Waals surface area contributed by atoms with Crippen LogP contribution in [0.25, 0.3) is 18.0 Å². The zero-order valence-electron chi connectivity index (χ0n) is 16.1. The van der Waals surface area contributed by atoms with Crippen molar-refractivity contribution in [3.63, 3.8) is 0 Å². The molecule has 0 radical (unpaired) electrons. The molecule has 0 unspecified atom stereocenters. The lowest BCUT2D eigenvalue weighted by molar-refractivity contribution is 0.402. The maximum Gasteiger partial charge on any atom is 0.334 e. The first-order valence-electron chi connectivity index (χ1n) is 10.1. The van der Waals surface area contributed by atoms with Crippen molar-refractivity contribution in [2.75, 3.05) is 7.11 Å². The fourth-order valence-electron chi connectivity index (χ4n) is 5.41. The second-order valence-electron chi connectivity index (χ2n) is 8.30. The minimum atomic E-state index is -0.720. The van der Waals surface area contributed by atoms with Crippen molar-refractivity contribution in [1.82, 2.24) is 24.4 Å². The fourth-order valence-corrected chi connectivity index (χ4v) is 5.41. The molecule has 0 spiro atoms. The summed E-state index contributed by atoms with van der Waals surface area (Å²) >= 11 is 0. The number of hydrogen-bond acceptors (Lipinski definition) is 6. The van der Waals surface area contributed by atoms with Crippen LogP contribution in [0, 0.1) is 11.8 Å². The van der Waals surface area contributed by atoms with Crippen LogP contribution in [0.2, 0.25) is 0 Å². The van der Waals surface area contributed by atoms with Crippen molar-refractivity contribution in [1.29, 1.82) is 0 Å². The molecule has 0 amide bonds. The Bertz CT molecular complexity index is 1540. The SMILES string of the molecule is COc1cn(-c2nc3c(n(C4C5=C6NC7=C4[C@H]7C[C@@H]65)c2=O)=CCCC=3)c(=O)[nH]c1=O. The average Bonchev–Trinajstić information content (AvgIpc) is 3.66. The van der Waals surface area contributed by atoms with Crippen LogP contribution < -0.4 is 37.6 Å². The van der Waals surface area contributed by atoms with E-state index in [9.17, 15) is 14.4 Å². The van der Waals surface area contributed by atoms with Gasteiger partial charge in [0.1, 0.15) is 0 Å². The van der Waals surface area contributed by atoms with Gasteiger partial charge in [0, 0.05) is 23.2 Å². The first-order chi connectivity index (χ1) is 14.6. The number of aromatic nitrogens is 4. The Morgan fingerprint density at radius 2 is 1.83 bits per heavy atom. The van der Waals surface area contributed by atoms with Crippen LogP contribution >= 0.6 is 0 Å². The molecule has 2 N–H and O–H groups in total. The number of ether oxygens (including phenoxy) is 1. The third-order valence-electron chi connectivity index (χ3n) is 6.85. The van der Waals surface area contributed by atoms with Gasteiger partial charge in [0.2, 0.25) is 11.6 Å². The molecule has 1 saturated heterocycles. The maximum atomic E-state index is 13.7. The summed E-state index contributed by atoms with van der Waals surface area (Å²) < 4.78 is 7.94. The van der Waals surface area contributed by atoms with Crippen LogP contribution in [-0.4, -0.2) is 26.2 Å². The Hall–Kier alpha value is -3.62. The minimum absolute atomic E-state index is 0.0299. The number of fused-ring (bicyclic) bond motifs is 1. The van der Waals surface area contributed by atoms with E-state index in [1.807, 2.05) is 10.6 Å². The van der Waals surface area contributed by atoms with E-state index in [4.69, 9.17) is 4.74 Å². The van der Waals surface area contributed by atoms with Crippen LogP contribution in [-0.2, 0) is 0 Å². The molecule has 0 aromatic carbocycles. The first kappa shape index (κ1) is 16.2. The number of methoxy groups -OCH3 is 1. The third kappa shape index (κ3) is 1.83. The molecule has 2 fully saturated rings. The van der Waals surface area contributed by atoms with Crippen molar-refractivity contribution in [2.24, 2.45) is 11.8 Å². The van der Waals surface area contributed by atoms with Crippen LogP contribution in [0.1, 0.15) is 25.3 Å². The number of dihydropyridines is 1. The summed E-state index contributed by atoms with van der Waals surface area (Å²) in [6, 6.07) is -0.0916. The first-order valence-corrected chi connectivity index (χ1v) is 10.1. The molecule has 150 valence electrons. The molecule has 2 aromatic rings. The predicted molar refractivity (Wildman–Crippen MR) is 107 cm³/mol. The highest BCUT2D eigenvalue weighted by Crippen LogP contribution is 2.69.